The molecule has 0 fully saturated rings. The third-order valence-electron chi connectivity index (χ3n) is 3.98. The smallest absolute Gasteiger partial charge is 0.328 e. The summed E-state index contributed by atoms with van der Waals surface area (Å²) < 4.78 is 0. The first kappa shape index (κ1) is 18.0. The van der Waals surface area contributed by atoms with E-state index in [0.29, 0.717) is 23.6 Å². The maximum atomic E-state index is 12.2. The minimum Gasteiger partial charge on any atom is -0.480 e. The molecule has 0 saturated carbocycles. The van der Waals surface area contributed by atoms with Gasteiger partial charge in [0.15, 0.2) is 0 Å². The zero-order valence-corrected chi connectivity index (χ0v) is 14.8. The molecule has 0 unspecified atom stereocenters. The van der Waals surface area contributed by atoms with E-state index < -0.39 is 11.5 Å². The summed E-state index contributed by atoms with van der Waals surface area (Å²) in [5, 5.41) is 15.8. The van der Waals surface area contributed by atoms with Crippen LogP contribution >= 0.6 is 22.9 Å². The van der Waals surface area contributed by atoms with Crippen molar-refractivity contribution >= 4 is 28.9 Å². The van der Waals surface area contributed by atoms with Crippen LogP contribution in [0.5, 0.6) is 0 Å². The van der Waals surface area contributed by atoms with Gasteiger partial charge in [0, 0.05) is 22.0 Å². The molecule has 5 heteroatoms. The molecule has 0 aliphatic heterocycles. The number of carboxylic acid groups (broad SMARTS) is 1. The van der Waals surface area contributed by atoms with E-state index in [2.05, 4.69) is 18.3 Å². The van der Waals surface area contributed by atoms with Crippen molar-refractivity contribution < 1.29 is 9.90 Å². The van der Waals surface area contributed by atoms with E-state index in [1.165, 1.54) is 4.88 Å². The van der Waals surface area contributed by atoms with Gasteiger partial charge in [-0.1, -0.05) is 55.6 Å². The molecule has 0 spiro atoms. The van der Waals surface area contributed by atoms with Gasteiger partial charge in [0.2, 0.25) is 0 Å². The Hall–Kier alpha value is -1.36. The largest absolute Gasteiger partial charge is 0.480 e. The molecule has 0 amide bonds. The molecule has 0 saturated heterocycles. The highest BCUT2D eigenvalue weighted by molar-refractivity contribution is 7.09. The van der Waals surface area contributed by atoms with E-state index >= 15 is 0 Å². The molecule has 0 aliphatic carbocycles. The number of halogens is 1. The SMILES string of the molecule is CCCC[C@@](NCCc1cccs1)(C(=O)O)c1ccccc1Cl. The normalized spacial score (nSPS) is 13.7. The van der Waals surface area contributed by atoms with Gasteiger partial charge in [-0.2, -0.15) is 0 Å². The molecule has 23 heavy (non-hydrogen) atoms. The summed E-state index contributed by atoms with van der Waals surface area (Å²) in [6.45, 7) is 2.66. The van der Waals surface area contributed by atoms with Gasteiger partial charge < -0.3 is 5.11 Å². The number of unbranched alkanes of at least 4 members (excludes halogenated alkanes) is 1. The molecule has 1 aromatic carbocycles. The first-order valence-corrected chi connectivity index (χ1v) is 9.11. The highest BCUT2D eigenvalue weighted by Gasteiger charge is 2.40. The lowest BCUT2D eigenvalue weighted by Crippen LogP contribution is -2.50. The van der Waals surface area contributed by atoms with Crippen LogP contribution in [0.3, 0.4) is 0 Å². The van der Waals surface area contributed by atoms with Gasteiger partial charge in [0.05, 0.1) is 0 Å². The van der Waals surface area contributed by atoms with Crippen LogP contribution in [0.1, 0.15) is 36.6 Å². The number of carboxylic acids is 1. The average molecular weight is 352 g/mol. The summed E-state index contributed by atoms with van der Waals surface area (Å²) in [5.74, 6) is -0.870. The summed E-state index contributed by atoms with van der Waals surface area (Å²) >= 11 is 7.99. The van der Waals surface area contributed by atoms with Crippen LogP contribution < -0.4 is 5.32 Å². The minimum absolute atomic E-state index is 0.495. The average Bonchev–Trinajstić information content (AvgIpc) is 3.04. The molecule has 2 rings (SSSR count). The fourth-order valence-corrected chi connectivity index (χ4v) is 3.73. The second-order valence-electron chi connectivity index (χ2n) is 5.55. The van der Waals surface area contributed by atoms with Gasteiger partial charge in [-0.05, 0) is 30.4 Å². The molecule has 2 aromatic rings. The first-order valence-electron chi connectivity index (χ1n) is 7.86. The molecule has 3 nitrogen and oxygen atoms in total. The van der Waals surface area contributed by atoms with Crippen LogP contribution in [0.2, 0.25) is 5.02 Å². The van der Waals surface area contributed by atoms with Gasteiger partial charge in [-0.25, -0.2) is 4.79 Å². The van der Waals surface area contributed by atoms with Crippen molar-refractivity contribution in [3.63, 3.8) is 0 Å². The van der Waals surface area contributed by atoms with E-state index in [1.807, 2.05) is 29.6 Å². The van der Waals surface area contributed by atoms with Crippen molar-refractivity contribution in [3.05, 3.63) is 57.2 Å². The van der Waals surface area contributed by atoms with Crippen LogP contribution in [-0.2, 0) is 16.8 Å². The van der Waals surface area contributed by atoms with E-state index in [9.17, 15) is 9.90 Å². The second-order valence-corrected chi connectivity index (χ2v) is 6.99. The Bertz CT molecular complexity index is 630. The first-order chi connectivity index (χ1) is 11.1. The van der Waals surface area contributed by atoms with Gasteiger partial charge >= 0.3 is 5.97 Å². The van der Waals surface area contributed by atoms with Crippen LogP contribution in [0, 0.1) is 0 Å². The maximum Gasteiger partial charge on any atom is 0.328 e. The molecule has 1 atom stereocenters. The van der Waals surface area contributed by atoms with Crippen LogP contribution in [-0.4, -0.2) is 17.6 Å². The molecular formula is C18H22ClNO2S. The maximum absolute atomic E-state index is 12.2. The van der Waals surface area contributed by atoms with E-state index in [-0.39, 0.29) is 0 Å². The zero-order valence-electron chi connectivity index (χ0n) is 13.2. The third-order valence-corrected chi connectivity index (χ3v) is 5.25. The van der Waals surface area contributed by atoms with Crippen LogP contribution in [0.25, 0.3) is 0 Å². The van der Waals surface area contributed by atoms with Gasteiger partial charge in [-0.15, -0.1) is 11.3 Å². The van der Waals surface area contributed by atoms with Gasteiger partial charge in [0.1, 0.15) is 5.54 Å². The number of carbonyl (C=O) groups is 1. The van der Waals surface area contributed by atoms with Crippen LogP contribution in [0.4, 0.5) is 0 Å². The molecule has 124 valence electrons. The lowest BCUT2D eigenvalue weighted by atomic mass is 9.84. The van der Waals surface area contributed by atoms with Crippen molar-refractivity contribution in [2.45, 2.75) is 38.1 Å². The number of hydrogen-bond donors (Lipinski definition) is 2. The summed E-state index contributed by atoms with van der Waals surface area (Å²) in [6, 6.07) is 11.3. The Morgan fingerprint density at radius 3 is 2.70 bits per heavy atom. The molecule has 1 heterocycles. The molecule has 0 bridgehead atoms. The third kappa shape index (κ3) is 4.34. The number of nitrogens with one attached hydrogen (secondary N) is 1. The van der Waals surface area contributed by atoms with Crippen molar-refractivity contribution in [1.82, 2.24) is 5.32 Å². The minimum atomic E-state index is -1.13. The Morgan fingerprint density at radius 2 is 2.09 bits per heavy atom. The predicted octanol–water partition coefficient (Wildman–Crippen LogP) is 4.70. The Balaban J connectivity index is 2.25. The summed E-state index contributed by atoms with van der Waals surface area (Å²) in [5.41, 5.74) is -0.486. The second kappa shape index (κ2) is 8.48. The van der Waals surface area contributed by atoms with Gasteiger partial charge in [-0.3, -0.25) is 5.32 Å². The number of thiophene rings is 1. The van der Waals surface area contributed by atoms with Crippen LogP contribution in [0.15, 0.2) is 41.8 Å². The highest BCUT2D eigenvalue weighted by atomic mass is 35.5. The number of benzene rings is 1. The fourth-order valence-electron chi connectivity index (χ4n) is 2.72. The standard InChI is InChI=1S/C18H22ClNO2S/c1-2-3-11-18(17(21)22,15-8-4-5-9-16(15)19)20-12-10-14-7-6-13-23-14/h4-9,13,20H,2-3,10-12H2,1H3,(H,21,22)/t18-/m0/s1. The summed E-state index contributed by atoms with van der Waals surface area (Å²) in [7, 11) is 0. The van der Waals surface area contributed by atoms with Crippen molar-refractivity contribution in [1.29, 1.82) is 0 Å². The number of rotatable bonds is 9. The molecule has 2 N–H and O–H groups in total. The van der Waals surface area contributed by atoms with Crippen molar-refractivity contribution in [3.8, 4) is 0 Å². The quantitative estimate of drug-likeness (QED) is 0.688. The lowest BCUT2D eigenvalue weighted by Gasteiger charge is -2.32. The molecule has 1 aromatic heterocycles. The van der Waals surface area contributed by atoms with E-state index in [4.69, 9.17) is 11.6 Å². The fraction of sp³-hybridized carbons (Fsp3) is 0.389. The van der Waals surface area contributed by atoms with Gasteiger partial charge in [0.25, 0.3) is 0 Å². The predicted molar refractivity (Wildman–Crippen MR) is 96.3 cm³/mol. The zero-order chi connectivity index (χ0) is 16.7. The lowest BCUT2D eigenvalue weighted by molar-refractivity contribution is -0.145. The van der Waals surface area contributed by atoms with Crippen molar-refractivity contribution in [2.75, 3.05) is 6.54 Å². The summed E-state index contributed by atoms with van der Waals surface area (Å²) in [6.07, 6.45) is 3.09. The number of hydrogen-bond acceptors (Lipinski definition) is 3. The van der Waals surface area contributed by atoms with Crippen molar-refractivity contribution in [2.24, 2.45) is 0 Å². The molecule has 0 aliphatic rings. The topological polar surface area (TPSA) is 49.3 Å². The molecular weight excluding hydrogens is 330 g/mol. The Labute approximate surface area is 146 Å². The van der Waals surface area contributed by atoms with E-state index in [0.717, 1.165) is 19.3 Å². The Kier molecular flexibility index (Phi) is 6.63. The Morgan fingerprint density at radius 1 is 1.30 bits per heavy atom. The highest BCUT2D eigenvalue weighted by Crippen LogP contribution is 2.33. The number of aliphatic carboxylic acids is 1. The van der Waals surface area contributed by atoms with E-state index in [1.54, 1.807) is 17.4 Å². The molecule has 0 radical (unpaired) electrons. The summed E-state index contributed by atoms with van der Waals surface area (Å²) in [4.78, 5) is 13.4. The monoisotopic (exact) mass is 351 g/mol.